The Bertz CT molecular complexity index is 788. The topological polar surface area (TPSA) is 122 Å². The molecule has 0 atom stereocenters. The van der Waals surface area contributed by atoms with E-state index >= 15 is 0 Å². The highest BCUT2D eigenvalue weighted by Crippen LogP contribution is 2.36. The van der Waals surface area contributed by atoms with Crippen molar-refractivity contribution in [3.63, 3.8) is 0 Å². The molecule has 9 heteroatoms. The van der Waals surface area contributed by atoms with Gasteiger partial charge in [0, 0.05) is 0 Å². The largest absolute Gasteiger partial charge is 0.468 e. The van der Waals surface area contributed by atoms with Crippen LogP contribution in [-0.2, 0) is 42.9 Å². The number of hydrogen-bond donors (Lipinski definition) is 0. The normalized spacial score (nSPS) is 22.0. The summed E-state index contributed by atoms with van der Waals surface area (Å²) in [4.78, 5) is 62.0. The van der Waals surface area contributed by atoms with Crippen molar-refractivity contribution in [2.75, 3.05) is 28.4 Å². The minimum absolute atomic E-state index is 0.000253. The van der Waals surface area contributed by atoms with Crippen molar-refractivity contribution >= 4 is 30.2 Å². The predicted molar refractivity (Wildman–Crippen MR) is 118 cm³/mol. The maximum atomic E-state index is 12.6. The summed E-state index contributed by atoms with van der Waals surface area (Å²) < 4.78 is 19.5. The summed E-state index contributed by atoms with van der Waals surface area (Å²) in [5.74, 6) is -2.93. The molecule has 33 heavy (non-hydrogen) atoms. The summed E-state index contributed by atoms with van der Waals surface area (Å²) in [5, 5.41) is 0. The van der Waals surface area contributed by atoms with Gasteiger partial charge in [0.25, 0.3) is 0 Å². The Morgan fingerprint density at radius 3 is 1.73 bits per heavy atom. The van der Waals surface area contributed by atoms with E-state index in [4.69, 9.17) is 18.9 Å². The van der Waals surface area contributed by atoms with E-state index in [9.17, 15) is 24.0 Å². The Morgan fingerprint density at radius 2 is 1.21 bits per heavy atom. The Labute approximate surface area is 193 Å². The number of hydrogen-bond acceptors (Lipinski definition) is 9. The number of ether oxygens (including phenoxy) is 4. The van der Waals surface area contributed by atoms with E-state index in [0.717, 1.165) is 0 Å². The molecule has 0 amide bonds. The zero-order valence-electron chi connectivity index (χ0n) is 19.6. The van der Waals surface area contributed by atoms with Gasteiger partial charge in [-0.25, -0.2) is 0 Å². The van der Waals surface area contributed by atoms with Gasteiger partial charge in [-0.05, 0) is 50.5 Å². The van der Waals surface area contributed by atoms with Crippen molar-refractivity contribution in [1.29, 1.82) is 0 Å². The second kappa shape index (κ2) is 13.3. The first-order valence-corrected chi connectivity index (χ1v) is 10.6. The molecule has 1 aliphatic carbocycles. The summed E-state index contributed by atoms with van der Waals surface area (Å²) >= 11 is 0. The summed E-state index contributed by atoms with van der Waals surface area (Å²) in [6, 6.07) is 0. The van der Waals surface area contributed by atoms with E-state index in [1.807, 2.05) is 0 Å². The van der Waals surface area contributed by atoms with Crippen LogP contribution in [0.5, 0.6) is 0 Å². The second-order valence-corrected chi connectivity index (χ2v) is 7.67. The highest BCUT2D eigenvalue weighted by atomic mass is 16.6. The van der Waals surface area contributed by atoms with Crippen molar-refractivity contribution in [1.82, 2.24) is 0 Å². The Hall–Kier alpha value is -3.23. The van der Waals surface area contributed by atoms with E-state index in [1.54, 1.807) is 30.4 Å². The van der Waals surface area contributed by atoms with E-state index in [-0.39, 0.29) is 38.5 Å². The molecular weight excluding hydrogens is 432 g/mol. The molecule has 0 aromatic rings. The number of carbonyl (C=O) groups is 5. The maximum absolute atomic E-state index is 12.6. The molecule has 0 aromatic carbocycles. The van der Waals surface area contributed by atoms with Crippen LogP contribution in [0.4, 0.5) is 0 Å². The van der Waals surface area contributed by atoms with Gasteiger partial charge in [0.15, 0.2) is 10.8 Å². The molecule has 1 rings (SSSR count). The van der Waals surface area contributed by atoms with Crippen LogP contribution in [0.25, 0.3) is 0 Å². The lowest BCUT2D eigenvalue weighted by Crippen LogP contribution is -2.41. The highest BCUT2D eigenvalue weighted by Gasteiger charge is 2.48. The van der Waals surface area contributed by atoms with Crippen molar-refractivity contribution in [2.24, 2.45) is 10.8 Å². The highest BCUT2D eigenvalue weighted by molar-refractivity contribution is 6.00. The second-order valence-electron chi connectivity index (χ2n) is 7.67. The number of carbonyl (C=O) groups excluding carboxylic acids is 5. The van der Waals surface area contributed by atoms with Gasteiger partial charge in [-0.2, -0.15) is 0 Å². The zero-order chi connectivity index (χ0) is 24.9. The number of rotatable bonds is 5. The van der Waals surface area contributed by atoms with E-state index in [1.165, 1.54) is 28.4 Å². The fourth-order valence-electron chi connectivity index (χ4n) is 3.88. The Balaban J connectivity index is 3.42. The SMILES string of the molecule is COC(=O)C1(C(=O)OC)C/C=C/C=C/CCC(C(=O)OC)(C(=O)OC)CC/C(C=O)=C/CC1. The lowest BCUT2D eigenvalue weighted by Gasteiger charge is -2.28. The summed E-state index contributed by atoms with van der Waals surface area (Å²) in [5.41, 5.74) is -2.82. The third-order valence-corrected chi connectivity index (χ3v) is 5.86. The molecule has 182 valence electrons. The van der Waals surface area contributed by atoms with Crippen molar-refractivity contribution < 1.29 is 42.9 Å². The molecule has 0 heterocycles. The third kappa shape index (κ3) is 6.63. The van der Waals surface area contributed by atoms with Gasteiger partial charge in [-0.1, -0.05) is 30.4 Å². The summed E-state index contributed by atoms with van der Waals surface area (Å²) in [7, 11) is 4.77. The lowest BCUT2D eigenvalue weighted by molar-refractivity contribution is -0.171. The van der Waals surface area contributed by atoms with Crippen LogP contribution in [0, 0.1) is 10.8 Å². The van der Waals surface area contributed by atoms with Gasteiger partial charge in [-0.15, -0.1) is 0 Å². The van der Waals surface area contributed by atoms with E-state index in [2.05, 4.69) is 0 Å². The first-order chi connectivity index (χ1) is 15.8. The molecule has 0 saturated heterocycles. The Kier molecular flexibility index (Phi) is 11.2. The molecule has 9 nitrogen and oxygen atoms in total. The summed E-state index contributed by atoms with van der Waals surface area (Å²) in [6.07, 6.45) is 9.75. The number of methoxy groups -OCH3 is 4. The van der Waals surface area contributed by atoms with Crippen LogP contribution in [0.2, 0.25) is 0 Å². The third-order valence-electron chi connectivity index (χ3n) is 5.86. The van der Waals surface area contributed by atoms with Gasteiger partial charge in [0.05, 0.1) is 28.4 Å². The molecule has 0 N–H and O–H groups in total. The van der Waals surface area contributed by atoms with Crippen molar-refractivity contribution in [3.8, 4) is 0 Å². The molecule has 0 unspecified atom stereocenters. The quantitative estimate of drug-likeness (QED) is 0.261. The Morgan fingerprint density at radius 1 is 0.727 bits per heavy atom. The average Bonchev–Trinajstić information content (AvgIpc) is 2.85. The predicted octanol–water partition coefficient (Wildman–Crippen LogP) is 2.63. The molecule has 0 spiro atoms. The van der Waals surface area contributed by atoms with Gasteiger partial charge >= 0.3 is 23.9 Å². The van der Waals surface area contributed by atoms with Crippen molar-refractivity contribution in [3.05, 3.63) is 36.0 Å². The van der Waals surface area contributed by atoms with Crippen LogP contribution in [0.15, 0.2) is 36.0 Å². The molecule has 0 fully saturated rings. The smallest absolute Gasteiger partial charge is 0.323 e. The maximum Gasteiger partial charge on any atom is 0.323 e. The molecule has 0 aliphatic heterocycles. The van der Waals surface area contributed by atoms with Crippen LogP contribution >= 0.6 is 0 Å². The minimum atomic E-state index is -1.57. The van der Waals surface area contributed by atoms with Crippen LogP contribution in [-0.4, -0.2) is 58.6 Å². The first-order valence-electron chi connectivity index (χ1n) is 10.6. The van der Waals surface area contributed by atoms with Crippen molar-refractivity contribution in [2.45, 2.75) is 44.9 Å². The molecular formula is C24H32O9. The van der Waals surface area contributed by atoms with Gasteiger partial charge in [-0.3, -0.25) is 24.0 Å². The number of esters is 4. The number of allylic oxidation sites excluding steroid dienone is 6. The summed E-state index contributed by atoms with van der Waals surface area (Å²) in [6.45, 7) is 0. The zero-order valence-corrected chi connectivity index (χ0v) is 19.6. The molecule has 1 aliphatic rings. The average molecular weight is 465 g/mol. The molecule has 0 saturated carbocycles. The fourth-order valence-corrected chi connectivity index (χ4v) is 3.88. The standard InChI is InChI=1S/C24H32O9/c1-30-19(26)23(20(27)31-2)13-8-6-5-7-9-14-24(21(28)32-3,22(29)33-4)16-12-18(17-25)11-10-15-23/h5-8,11,17H,9-10,12-16H2,1-4H3/b7-5+,8-6+,18-11-. The van der Waals surface area contributed by atoms with Crippen LogP contribution < -0.4 is 0 Å². The van der Waals surface area contributed by atoms with E-state index in [0.29, 0.717) is 18.3 Å². The minimum Gasteiger partial charge on any atom is -0.468 e. The van der Waals surface area contributed by atoms with Gasteiger partial charge in [0.2, 0.25) is 0 Å². The molecule has 0 radical (unpaired) electrons. The fraction of sp³-hybridized carbons (Fsp3) is 0.542. The number of aldehydes is 1. The molecule has 0 bridgehead atoms. The van der Waals surface area contributed by atoms with Crippen LogP contribution in [0.1, 0.15) is 44.9 Å². The monoisotopic (exact) mass is 464 g/mol. The van der Waals surface area contributed by atoms with E-state index < -0.39 is 34.7 Å². The van der Waals surface area contributed by atoms with Gasteiger partial charge < -0.3 is 18.9 Å². The van der Waals surface area contributed by atoms with Gasteiger partial charge in [0.1, 0.15) is 6.29 Å². The first kappa shape index (κ1) is 27.8. The van der Waals surface area contributed by atoms with Crippen LogP contribution in [0.3, 0.4) is 0 Å². The lowest BCUT2D eigenvalue weighted by atomic mass is 9.77. The molecule has 0 aromatic heterocycles.